The standard InChI is InChI=1S/C10H11NO3/c11-9-3-1-2-7(8(9)6-12)4-5-10(13)14/h1-5,12H,6,11H2,(H,13,14)/p-1/b5-4+. The molecule has 0 spiro atoms. The van der Waals surface area contributed by atoms with Crippen molar-refractivity contribution in [2.75, 3.05) is 5.73 Å². The highest BCUT2D eigenvalue weighted by Crippen LogP contribution is 2.18. The van der Waals surface area contributed by atoms with E-state index < -0.39 is 5.97 Å². The van der Waals surface area contributed by atoms with E-state index in [-0.39, 0.29) is 6.61 Å². The Balaban J connectivity index is 3.08. The van der Waals surface area contributed by atoms with Crippen LogP contribution >= 0.6 is 0 Å². The van der Waals surface area contributed by atoms with Gasteiger partial charge in [0.1, 0.15) is 0 Å². The second-order valence-corrected chi connectivity index (χ2v) is 2.73. The van der Waals surface area contributed by atoms with Crippen LogP contribution in [0.3, 0.4) is 0 Å². The minimum atomic E-state index is -1.28. The van der Waals surface area contributed by atoms with Crippen LogP contribution in [-0.4, -0.2) is 11.1 Å². The van der Waals surface area contributed by atoms with Crippen molar-refractivity contribution in [2.45, 2.75) is 6.61 Å². The van der Waals surface area contributed by atoms with Crippen LogP contribution in [0.5, 0.6) is 0 Å². The Morgan fingerprint density at radius 2 is 2.29 bits per heavy atom. The van der Waals surface area contributed by atoms with Crippen molar-refractivity contribution >= 4 is 17.7 Å². The Kier molecular flexibility index (Phi) is 3.25. The number of rotatable bonds is 3. The minimum absolute atomic E-state index is 0.223. The molecule has 0 fully saturated rings. The Labute approximate surface area is 81.3 Å². The number of carboxylic acids is 1. The Bertz CT molecular complexity index is 372. The van der Waals surface area contributed by atoms with Crippen molar-refractivity contribution in [3.63, 3.8) is 0 Å². The lowest BCUT2D eigenvalue weighted by molar-refractivity contribution is -0.297. The third-order valence-corrected chi connectivity index (χ3v) is 1.81. The first-order valence-corrected chi connectivity index (χ1v) is 4.02. The van der Waals surface area contributed by atoms with E-state index in [2.05, 4.69) is 0 Å². The highest BCUT2D eigenvalue weighted by atomic mass is 16.4. The molecule has 0 atom stereocenters. The molecule has 0 radical (unpaired) electrons. The first kappa shape index (κ1) is 10.3. The number of aliphatic carboxylic acids is 1. The molecular formula is C10H10NO3-. The van der Waals surface area contributed by atoms with E-state index in [1.54, 1.807) is 18.2 Å². The molecule has 3 N–H and O–H groups in total. The molecule has 0 unspecified atom stereocenters. The predicted octanol–water partition coefficient (Wildman–Crippen LogP) is -0.476. The predicted molar refractivity (Wildman–Crippen MR) is 50.8 cm³/mol. The van der Waals surface area contributed by atoms with Gasteiger partial charge in [0.25, 0.3) is 0 Å². The summed E-state index contributed by atoms with van der Waals surface area (Å²) in [5, 5.41) is 19.2. The molecule has 1 aromatic rings. The van der Waals surface area contributed by atoms with Gasteiger partial charge in [-0.05, 0) is 17.7 Å². The zero-order valence-electron chi connectivity index (χ0n) is 7.43. The Morgan fingerprint density at radius 1 is 1.57 bits per heavy atom. The minimum Gasteiger partial charge on any atom is -0.545 e. The number of carbonyl (C=O) groups excluding carboxylic acids is 1. The van der Waals surface area contributed by atoms with E-state index in [9.17, 15) is 9.90 Å². The van der Waals surface area contributed by atoms with Crippen molar-refractivity contribution in [1.82, 2.24) is 0 Å². The van der Waals surface area contributed by atoms with Gasteiger partial charge < -0.3 is 20.7 Å². The third-order valence-electron chi connectivity index (χ3n) is 1.81. The van der Waals surface area contributed by atoms with Crippen LogP contribution in [0, 0.1) is 0 Å². The molecule has 1 rings (SSSR count). The van der Waals surface area contributed by atoms with E-state index in [1.807, 2.05) is 0 Å². The number of hydrogen-bond acceptors (Lipinski definition) is 4. The second kappa shape index (κ2) is 4.43. The van der Waals surface area contributed by atoms with Crippen molar-refractivity contribution in [2.24, 2.45) is 0 Å². The average molecular weight is 192 g/mol. The summed E-state index contributed by atoms with van der Waals surface area (Å²) in [6.07, 6.45) is 2.24. The molecule has 0 amide bonds. The van der Waals surface area contributed by atoms with Crippen LogP contribution in [0.2, 0.25) is 0 Å². The van der Waals surface area contributed by atoms with Crippen molar-refractivity contribution in [3.05, 3.63) is 35.4 Å². The molecule has 4 heteroatoms. The molecule has 74 valence electrons. The van der Waals surface area contributed by atoms with Gasteiger partial charge in [-0.3, -0.25) is 0 Å². The number of carboxylic acid groups (broad SMARTS) is 1. The Morgan fingerprint density at radius 3 is 2.86 bits per heavy atom. The van der Waals surface area contributed by atoms with Crippen LogP contribution < -0.4 is 10.8 Å². The number of aliphatic hydroxyl groups is 1. The summed E-state index contributed by atoms with van der Waals surface area (Å²) < 4.78 is 0. The summed E-state index contributed by atoms with van der Waals surface area (Å²) >= 11 is 0. The third kappa shape index (κ3) is 2.34. The Hall–Kier alpha value is -1.81. The largest absolute Gasteiger partial charge is 0.545 e. The summed E-state index contributed by atoms with van der Waals surface area (Å²) in [7, 11) is 0. The van der Waals surface area contributed by atoms with Crippen LogP contribution in [0.15, 0.2) is 24.3 Å². The van der Waals surface area contributed by atoms with Crippen LogP contribution in [0.25, 0.3) is 6.08 Å². The SMILES string of the molecule is Nc1cccc(/C=C/C(=O)[O-])c1CO. The van der Waals surface area contributed by atoms with Gasteiger partial charge in [-0.1, -0.05) is 18.2 Å². The van der Waals surface area contributed by atoms with E-state index in [0.717, 1.165) is 6.08 Å². The number of nitrogen functional groups attached to an aromatic ring is 1. The number of nitrogens with two attached hydrogens (primary N) is 1. The molecule has 0 bridgehead atoms. The number of hydrogen-bond donors (Lipinski definition) is 2. The first-order valence-electron chi connectivity index (χ1n) is 4.02. The summed E-state index contributed by atoms with van der Waals surface area (Å²) in [6.45, 7) is -0.223. The van der Waals surface area contributed by atoms with E-state index >= 15 is 0 Å². The van der Waals surface area contributed by atoms with Crippen LogP contribution in [0.1, 0.15) is 11.1 Å². The highest BCUT2D eigenvalue weighted by molar-refractivity contribution is 5.84. The molecule has 14 heavy (non-hydrogen) atoms. The molecule has 1 aromatic carbocycles. The topological polar surface area (TPSA) is 86.4 Å². The molecule has 0 aliphatic rings. The zero-order valence-corrected chi connectivity index (χ0v) is 7.43. The van der Waals surface area contributed by atoms with Gasteiger partial charge in [-0.15, -0.1) is 0 Å². The maximum atomic E-state index is 10.2. The van der Waals surface area contributed by atoms with Gasteiger partial charge in [0.15, 0.2) is 0 Å². The molecule has 0 aliphatic carbocycles. The molecule has 0 aromatic heterocycles. The molecule has 0 aliphatic heterocycles. The smallest absolute Gasteiger partial charge is 0.0707 e. The van der Waals surface area contributed by atoms with Gasteiger partial charge >= 0.3 is 0 Å². The first-order chi connectivity index (χ1) is 6.65. The summed E-state index contributed by atoms with van der Waals surface area (Å²) in [5.41, 5.74) is 7.12. The number of aliphatic hydroxyl groups excluding tert-OH is 1. The highest BCUT2D eigenvalue weighted by Gasteiger charge is 2.01. The van der Waals surface area contributed by atoms with Gasteiger partial charge in [-0.25, -0.2) is 0 Å². The fourth-order valence-electron chi connectivity index (χ4n) is 1.12. The van der Waals surface area contributed by atoms with Gasteiger partial charge in [0.2, 0.25) is 0 Å². The lowest BCUT2D eigenvalue weighted by atomic mass is 10.1. The van der Waals surface area contributed by atoms with Crippen LogP contribution in [0.4, 0.5) is 5.69 Å². The molecule has 0 saturated heterocycles. The molecular weight excluding hydrogens is 182 g/mol. The normalized spacial score (nSPS) is 10.6. The van der Waals surface area contributed by atoms with Crippen LogP contribution in [-0.2, 0) is 11.4 Å². The number of anilines is 1. The lowest BCUT2D eigenvalue weighted by Crippen LogP contribution is -2.18. The average Bonchev–Trinajstić information content (AvgIpc) is 2.14. The monoisotopic (exact) mass is 192 g/mol. The quantitative estimate of drug-likeness (QED) is 0.500. The van der Waals surface area contributed by atoms with E-state index in [1.165, 1.54) is 6.08 Å². The summed E-state index contributed by atoms with van der Waals surface area (Å²) in [6, 6.07) is 4.99. The zero-order chi connectivity index (χ0) is 10.6. The fourth-order valence-corrected chi connectivity index (χ4v) is 1.12. The molecule has 0 heterocycles. The number of benzene rings is 1. The van der Waals surface area contributed by atoms with Gasteiger partial charge in [-0.2, -0.15) is 0 Å². The van der Waals surface area contributed by atoms with Crippen molar-refractivity contribution in [3.8, 4) is 0 Å². The van der Waals surface area contributed by atoms with Gasteiger partial charge in [0.05, 0.1) is 12.6 Å². The lowest BCUT2D eigenvalue weighted by Gasteiger charge is -2.06. The fraction of sp³-hybridized carbons (Fsp3) is 0.100. The summed E-state index contributed by atoms with van der Waals surface area (Å²) in [5.74, 6) is -1.28. The van der Waals surface area contributed by atoms with Gasteiger partial charge in [0, 0.05) is 11.3 Å². The molecule has 4 nitrogen and oxygen atoms in total. The maximum absolute atomic E-state index is 10.2. The second-order valence-electron chi connectivity index (χ2n) is 2.73. The number of carbonyl (C=O) groups is 1. The maximum Gasteiger partial charge on any atom is 0.0707 e. The summed E-state index contributed by atoms with van der Waals surface area (Å²) in [4.78, 5) is 10.2. The van der Waals surface area contributed by atoms with Crippen molar-refractivity contribution < 1.29 is 15.0 Å². The molecule has 0 saturated carbocycles. The van der Waals surface area contributed by atoms with Crippen molar-refractivity contribution in [1.29, 1.82) is 0 Å². The van der Waals surface area contributed by atoms with E-state index in [0.29, 0.717) is 16.8 Å². The van der Waals surface area contributed by atoms with E-state index in [4.69, 9.17) is 10.8 Å².